The van der Waals surface area contributed by atoms with Gasteiger partial charge < -0.3 is 5.11 Å². The molecule has 0 atom stereocenters. The van der Waals surface area contributed by atoms with Gasteiger partial charge in [-0.25, -0.2) is 0 Å². The Kier molecular flexibility index (Phi) is 2.68. The second-order valence-electron chi connectivity index (χ2n) is 3.82. The van der Waals surface area contributed by atoms with E-state index < -0.39 is 5.60 Å². The third-order valence-corrected chi connectivity index (χ3v) is 2.31. The first-order valence-corrected chi connectivity index (χ1v) is 4.46. The van der Waals surface area contributed by atoms with Gasteiger partial charge in [-0.1, -0.05) is 5.57 Å². The summed E-state index contributed by atoms with van der Waals surface area (Å²) in [5, 5.41) is 9.81. The van der Waals surface area contributed by atoms with Crippen LogP contribution in [0.2, 0.25) is 0 Å². The fourth-order valence-electron chi connectivity index (χ4n) is 1.60. The number of carbonyl (C=O) groups is 1. The van der Waals surface area contributed by atoms with E-state index in [1.54, 1.807) is 6.08 Å². The maximum atomic E-state index is 11.5. The van der Waals surface area contributed by atoms with Crippen molar-refractivity contribution in [3.63, 3.8) is 0 Å². The summed E-state index contributed by atoms with van der Waals surface area (Å²) in [6.07, 6.45) is 4.76. The standard InChI is InChI=1S/C10H16O2/c1-8(2)7-9(11)10(12)5-3-4-6-10/h7,12H,3-6H2,1-2H3. The van der Waals surface area contributed by atoms with E-state index in [0.29, 0.717) is 12.8 Å². The van der Waals surface area contributed by atoms with Gasteiger partial charge in [-0.3, -0.25) is 4.79 Å². The first kappa shape index (κ1) is 9.46. The van der Waals surface area contributed by atoms with Crippen molar-refractivity contribution in [2.24, 2.45) is 0 Å². The number of rotatable bonds is 2. The van der Waals surface area contributed by atoms with E-state index >= 15 is 0 Å². The van der Waals surface area contributed by atoms with Crippen molar-refractivity contribution in [1.29, 1.82) is 0 Å². The van der Waals surface area contributed by atoms with Crippen LogP contribution in [0, 0.1) is 0 Å². The van der Waals surface area contributed by atoms with Gasteiger partial charge in [-0.2, -0.15) is 0 Å². The lowest BCUT2D eigenvalue weighted by Crippen LogP contribution is -2.33. The van der Waals surface area contributed by atoms with E-state index in [4.69, 9.17) is 0 Å². The largest absolute Gasteiger partial charge is 0.382 e. The Morgan fingerprint density at radius 1 is 1.33 bits per heavy atom. The third-order valence-electron chi connectivity index (χ3n) is 2.31. The fraction of sp³-hybridized carbons (Fsp3) is 0.700. The fourth-order valence-corrected chi connectivity index (χ4v) is 1.60. The van der Waals surface area contributed by atoms with Crippen LogP contribution in [0.15, 0.2) is 11.6 Å². The van der Waals surface area contributed by atoms with E-state index in [9.17, 15) is 9.90 Å². The molecule has 1 fully saturated rings. The van der Waals surface area contributed by atoms with Crippen molar-refractivity contribution in [3.05, 3.63) is 11.6 Å². The van der Waals surface area contributed by atoms with Crippen molar-refractivity contribution >= 4 is 5.78 Å². The molecule has 1 rings (SSSR count). The summed E-state index contributed by atoms with van der Waals surface area (Å²) < 4.78 is 0. The lowest BCUT2D eigenvalue weighted by Gasteiger charge is -2.17. The van der Waals surface area contributed by atoms with Crippen LogP contribution in [0.5, 0.6) is 0 Å². The molecule has 1 aliphatic rings. The molecule has 12 heavy (non-hydrogen) atoms. The molecule has 0 saturated heterocycles. The topological polar surface area (TPSA) is 37.3 Å². The molecular formula is C10H16O2. The minimum absolute atomic E-state index is 0.111. The van der Waals surface area contributed by atoms with Crippen LogP contribution >= 0.6 is 0 Å². The molecule has 0 heterocycles. The van der Waals surface area contributed by atoms with Gasteiger partial charge in [0.05, 0.1) is 0 Å². The number of hydrogen-bond acceptors (Lipinski definition) is 2. The molecule has 2 heteroatoms. The van der Waals surface area contributed by atoms with Gasteiger partial charge in [-0.15, -0.1) is 0 Å². The quantitative estimate of drug-likeness (QED) is 0.639. The Labute approximate surface area is 73.3 Å². The van der Waals surface area contributed by atoms with Crippen LogP contribution in [0.4, 0.5) is 0 Å². The van der Waals surface area contributed by atoms with Gasteiger partial charge >= 0.3 is 0 Å². The lowest BCUT2D eigenvalue weighted by atomic mass is 9.95. The Bertz CT molecular complexity index is 206. The highest BCUT2D eigenvalue weighted by Crippen LogP contribution is 2.30. The first-order valence-electron chi connectivity index (χ1n) is 4.46. The maximum Gasteiger partial charge on any atom is 0.187 e. The monoisotopic (exact) mass is 168 g/mol. The molecule has 1 N–H and O–H groups in total. The number of hydrogen-bond donors (Lipinski definition) is 1. The molecule has 0 amide bonds. The average molecular weight is 168 g/mol. The third kappa shape index (κ3) is 1.95. The van der Waals surface area contributed by atoms with Crippen molar-refractivity contribution in [2.75, 3.05) is 0 Å². The summed E-state index contributed by atoms with van der Waals surface area (Å²) in [5.41, 5.74) is -0.0719. The Morgan fingerprint density at radius 3 is 2.25 bits per heavy atom. The minimum atomic E-state index is -1.03. The van der Waals surface area contributed by atoms with Crippen LogP contribution in [0.1, 0.15) is 39.5 Å². The normalized spacial score (nSPS) is 20.6. The lowest BCUT2D eigenvalue weighted by molar-refractivity contribution is -0.131. The highest BCUT2D eigenvalue weighted by molar-refractivity contribution is 5.97. The predicted molar refractivity (Wildman–Crippen MR) is 47.9 cm³/mol. The molecule has 0 aromatic heterocycles. The van der Waals surface area contributed by atoms with Crippen LogP contribution in [-0.2, 0) is 4.79 Å². The Morgan fingerprint density at radius 2 is 1.83 bits per heavy atom. The van der Waals surface area contributed by atoms with Crippen molar-refractivity contribution in [1.82, 2.24) is 0 Å². The van der Waals surface area contributed by atoms with E-state index in [2.05, 4.69) is 0 Å². The number of aliphatic hydroxyl groups is 1. The molecule has 0 aromatic rings. The number of ketones is 1. The summed E-state index contributed by atoms with van der Waals surface area (Å²) in [4.78, 5) is 11.5. The van der Waals surface area contributed by atoms with Gasteiger partial charge in [0.2, 0.25) is 0 Å². The van der Waals surface area contributed by atoms with Gasteiger partial charge in [0, 0.05) is 0 Å². The zero-order chi connectivity index (χ0) is 9.19. The molecular weight excluding hydrogens is 152 g/mol. The molecule has 0 spiro atoms. The molecule has 0 aliphatic heterocycles. The van der Waals surface area contributed by atoms with Crippen LogP contribution < -0.4 is 0 Å². The molecule has 1 saturated carbocycles. The highest BCUT2D eigenvalue weighted by atomic mass is 16.3. The number of carbonyl (C=O) groups excluding carboxylic acids is 1. The molecule has 0 aromatic carbocycles. The van der Waals surface area contributed by atoms with Crippen molar-refractivity contribution in [3.8, 4) is 0 Å². The van der Waals surface area contributed by atoms with E-state index in [0.717, 1.165) is 18.4 Å². The molecule has 2 nitrogen and oxygen atoms in total. The summed E-state index contributed by atoms with van der Waals surface area (Å²) in [7, 11) is 0. The summed E-state index contributed by atoms with van der Waals surface area (Å²) >= 11 is 0. The van der Waals surface area contributed by atoms with E-state index in [-0.39, 0.29) is 5.78 Å². The minimum Gasteiger partial charge on any atom is -0.382 e. The van der Waals surface area contributed by atoms with Gasteiger partial charge in [0.1, 0.15) is 5.60 Å². The highest BCUT2D eigenvalue weighted by Gasteiger charge is 2.36. The van der Waals surface area contributed by atoms with Gasteiger partial charge in [-0.05, 0) is 45.6 Å². The Balaban J connectivity index is 2.68. The molecule has 1 aliphatic carbocycles. The predicted octanol–water partition coefficient (Wildman–Crippen LogP) is 1.83. The number of allylic oxidation sites excluding steroid dienone is 1. The summed E-state index contributed by atoms with van der Waals surface area (Å²) in [6, 6.07) is 0. The molecule has 0 unspecified atom stereocenters. The van der Waals surface area contributed by atoms with Crippen molar-refractivity contribution in [2.45, 2.75) is 45.1 Å². The summed E-state index contributed by atoms with van der Waals surface area (Å²) in [6.45, 7) is 3.74. The van der Waals surface area contributed by atoms with Crippen LogP contribution in [0.3, 0.4) is 0 Å². The van der Waals surface area contributed by atoms with Crippen LogP contribution in [-0.4, -0.2) is 16.5 Å². The smallest absolute Gasteiger partial charge is 0.187 e. The SMILES string of the molecule is CC(C)=CC(=O)C1(O)CCCC1. The van der Waals surface area contributed by atoms with Crippen LogP contribution in [0.25, 0.3) is 0 Å². The zero-order valence-corrected chi connectivity index (χ0v) is 7.76. The maximum absolute atomic E-state index is 11.5. The first-order chi connectivity index (χ1) is 5.54. The molecule has 68 valence electrons. The molecule has 0 radical (unpaired) electrons. The van der Waals surface area contributed by atoms with E-state index in [1.807, 2.05) is 13.8 Å². The zero-order valence-electron chi connectivity index (χ0n) is 7.76. The Hall–Kier alpha value is -0.630. The second kappa shape index (κ2) is 3.40. The molecule has 0 bridgehead atoms. The van der Waals surface area contributed by atoms with Gasteiger partial charge in [0.25, 0.3) is 0 Å². The van der Waals surface area contributed by atoms with Gasteiger partial charge in [0.15, 0.2) is 5.78 Å². The van der Waals surface area contributed by atoms with E-state index in [1.165, 1.54) is 0 Å². The average Bonchev–Trinajstić information content (AvgIpc) is 2.36. The van der Waals surface area contributed by atoms with Crippen molar-refractivity contribution < 1.29 is 9.90 Å². The second-order valence-corrected chi connectivity index (χ2v) is 3.82. The summed E-state index contributed by atoms with van der Waals surface area (Å²) in [5.74, 6) is -0.111.